The average Bonchev–Trinajstić information content (AvgIpc) is 3.36. The molecule has 1 amide bonds. The van der Waals surface area contributed by atoms with E-state index in [-0.39, 0.29) is 29.6 Å². The quantitative estimate of drug-likeness (QED) is 0.403. The Kier molecular flexibility index (Phi) is 8.51. The SMILES string of the molecule is COCCN(C)C(=O)[C@H]1CC[C@H](Oc2cc(-n3c(C(F)F)nc4ccccc43)nc(N3CCOCC3)n2)CC1. The van der Waals surface area contributed by atoms with Crippen LogP contribution in [-0.2, 0) is 14.3 Å². The number of nitrogens with zero attached hydrogens (tertiary/aromatic N) is 6. The fraction of sp³-hybridized carbons (Fsp3) is 0.556. The zero-order valence-electron chi connectivity index (χ0n) is 22.3. The topological polar surface area (TPSA) is 94.8 Å². The van der Waals surface area contributed by atoms with E-state index in [1.54, 1.807) is 49.4 Å². The van der Waals surface area contributed by atoms with Gasteiger partial charge >= 0.3 is 0 Å². The molecule has 1 aliphatic carbocycles. The van der Waals surface area contributed by atoms with Gasteiger partial charge in [-0.15, -0.1) is 0 Å². The summed E-state index contributed by atoms with van der Waals surface area (Å²) in [6, 6.07) is 8.58. The smallest absolute Gasteiger partial charge is 0.296 e. The summed E-state index contributed by atoms with van der Waals surface area (Å²) in [5.74, 6) is 0.664. The molecule has 39 heavy (non-hydrogen) atoms. The predicted octanol–water partition coefficient (Wildman–Crippen LogP) is 3.63. The summed E-state index contributed by atoms with van der Waals surface area (Å²) in [5.41, 5.74) is 0.988. The van der Waals surface area contributed by atoms with Crippen LogP contribution in [0, 0.1) is 5.92 Å². The van der Waals surface area contributed by atoms with Crippen LogP contribution in [0.1, 0.15) is 37.9 Å². The molecule has 0 spiro atoms. The van der Waals surface area contributed by atoms with Crippen molar-refractivity contribution in [3.8, 4) is 11.7 Å². The number of rotatable bonds is 9. The largest absolute Gasteiger partial charge is 0.474 e. The highest BCUT2D eigenvalue weighted by Gasteiger charge is 2.30. The number of hydrogen-bond acceptors (Lipinski definition) is 8. The van der Waals surface area contributed by atoms with E-state index in [9.17, 15) is 13.6 Å². The first-order valence-electron chi connectivity index (χ1n) is 13.3. The summed E-state index contributed by atoms with van der Waals surface area (Å²) >= 11 is 0. The van der Waals surface area contributed by atoms with Crippen molar-refractivity contribution in [1.29, 1.82) is 0 Å². The maximum atomic E-state index is 14.1. The standard InChI is InChI=1S/C27H34F2N6O4/c1-33(11-14-37-2)26(36)18-7-9-19(10-8-18)39-23-17-22(31-27(32-23)34-12-15-38-16-13-34)35-21-6-4-3-5-20(21)30-25(35)24(28)29/h3-6,17-19,24H,7-16H2,1-2H3/t18-,19-. The van der Waals surface area contributed by atoms with Crippen LogP contribution < -0.4 is 9.64 Å². The van der Waals surface area contributed by atoms with E-state index >= 15 is 0 Å². The molecular formula is C27H34F2N6O4. The Bertz CT molecular complexity index is 1270. The Morgan fingerprint density at radius 1 is 1.13 bits per heavy atom. The molecule has 1 aliphatic heterocycles. The van der Waals surface area contributed by atoms with Crippen LogP contribution in [0.25, 0.3) is 16.9 Å². The fourth-order valence-electron chi connectivity index (χ4n) is 5.16. The maximum absolute atomic E-state index is 14.1. The van der Waals surface area contributed by atoms with Gasteiger partial charge in [0.1, 0.15) is 11.9 Å². The number of morpholine rings is 1. The number of likely N-dealkylation sites (N-methyl/N-ethyl adjacent to an activating group) is 1. The molecule has 0 radical (unpaired) electrons. The molecule has 1 saturated carbocycles. The van der Waals surface area contributed by atoms with Crippen molar-refractivity contribution in [2.75, 3.05) is 58.5 Å². The van der Waals surface area contributed by atoms with Gasteiger partial charge in [0.2, 0.25) is 17.7 Å². The number of imidazole rings is 1. The number of anilines is 1. The second-order valence-electron chi connectivity index (χ2n) is 9.90. The molecular weight excluding hydrogens is 510 g/mol. The van der Waals surface area contributed by atoms with Crippen LogP contribution in [0.15, 0.2) is 30.3 Å². The summed E-state index contributed by atoms with van der Waals surface area (Å²) in [4.78, 5) is 30.0. The van der Waals surface area contributed by atoms with Gasteiger partial charge in [-0.3, -0.25) is 9.36 Å². The lowest BCUT2D eigenvalue weighted by atomic mass is 9.86. The van der Waals surface area contributed by atoms with Crippen molar-refractivity contribution >= 4 is 22.9 Å². The highest BCUT2D eigenvalue weighted by atomic mass is 19.3. The predicted molar refractivity (Wildman–Crippen MR) is 141 cm³/mol. The molecule has 0 unspecified atom stereocenters. The number of para-hydroxylation sites is 2. The van der Waals surface area contributed by atoms with Crippen molar-refractivity contribution in [3.05, 3.63) is 36.2 Å². The summed E-state index contributed by atoms with van der Waals surface area (Å²) < 4.78 is 46.4. The number of aromatic nitrogens is 4. The second-order valence-corrected chi connectivity index (χ2v) is 9.90. The molecule has 1 aromatic carbocycles. The Morgan fingerprint density at radius 3 is 2.59 bits per heavy atom. The summed E-state index contributed by atoms with van der Waals surface area (Å²) in [7, 11) is 3.42. The van der Waals surface area contributed by atoms with E-state index in [0.29, 0.717) is 88.0 Å². The van der Waals surface area contributed by atoms with Crippen molar-refractivity contribution < 1.29 is 27.8 Å². The Labute approximate surface area is 225 Å². The van der Waals surface area contributed by atoms with Gasteiger partial charge in [0, 0.05) is 45.8 Å². The van der Waals surface area contributed by atoms with E-state index in [2.05, 4.69) is 15.0 Å². The van der Waals surface area contributed by atoms with E-state index in [0.717, 1.165) is 0 Å². The van der Waals surface area contributed by atoms with Crippen molar-refractivity contribution in [2.45, 2.75) is 38.2 Å². The van der Waals surface area contributed by atoms with E-state index in [1.165, 1.54) is 4.57 Å². The minimum atomic E-state index is -2.79. The second kappa shape index (κ2) is 12.2. The van der Waals surface area contributed by atoms with E-state index in [1.807, 2.05) is 4.90 Å². The zero-order valence-corrected chi connectivity index (χ0v) is 22.3. The number of methoxy groups -OCH3 is 1. The van der Waals surface area contributed by atoms with Crippen LogP contribution >= 0.6 is 0 Å². The number of alkyl halides is 2. The number of fused-ring (bicyclic) bond motifs is 1. The van der Waals surface area contributed by atoms with Crippen molar-refractivity contribution in [2.24, 2.45) is 5.92 Å². The van der Waals surface area contributed by atoms with Crippen LogP contribution in [0.2, 0.25) is 0 Å². The molecule has 0 atom stereocenters. The first-order valence-corrected chi connectivity index (χ1v) is 13.3. The van der Waals surface area contributed by atoms with Gasteiger partial charge in [-0.2, -0.15) is 9.97 Å². The molecule has 10 nitrogen and oxygen atoms in total. The monoisotopic (exact) mass is 544 g/mol. The minimum absolute atomic E-state index is 0.0532. The number of halogens is 2. The van der Waals surface area contributed by atoms with Crippen LogP contribution in [0.3, 0.4) is 0 Å². The lowest BCUT2D eigenvalue weighted by Crippen LogP contribution is -2.38. The molecule has 2 aromatic heterocycles. The number of carbonyl (C=O) groups excluding carboxylic acids is 1. The molecule has 1 saturated heterocycles. The average molecular weight is 545 g/mol. The van der Waals surface area contributed by atoms with Crippen molar-refractivity contribution in [3.63, 3.8) is 0 Å². The number of amides is 1. The van der Waals surface area contributed by atoms with Crippen LogP contribution in [0.5, 0.6) is 5.88 Å². The highest BCUT2D eigenvalue weighted by molar-refractivity contribution is 5.79. The van der Waals surface area contributed by atoms with Gasteiger partial charge in [0.05, 0.1) is 30.9 Å². The highest BCUT2D eigenvalue weighted by Crippen LogP contribution is 2.32. The first kappa shape index (κ1) is 27.2. The summed E-state index contributed by atoms with van der Waals surface area (Å²) in [6.45, 7) is 3.27. The summed E-state index contributed by atoms with van der Waals surface area (Å²) in [5, 5.41) is 0. The fourth-order valence-corrected chi connectivity index (χ4v) is 5.16. The Balaban J connectivity index is 1.40. The van der Waals surface area contributed by atoms with E-state index in [4.69, 9.17) is 14.2 Å². The van der Waals surface area contributed by atoms with Crippen molar-refractivity contribution in [1.82, 2.24) is 24.4 Å². The molecule has 5 rings (SSSR count). The molecule has 3 heterocycles. The third-order valence-electron chi connectivity index (χ3n) is 7.30. The van der Waals surface area contributed by atoms with Gasteiger partial charge in [-0.1, -0.05) is 12.1 Å². The molecule has 0 bridgehead atoms. The third kappa shape index (κ3) is 6.11. The molecule has 2 fully saturated rings. The van der Waals surface area contributed by atoms with Gasteiger partial charge in [0.15, 0.2) is 5.82 Å². The first-order chi connectivity index (χ1) is 18.9. The van der Waals surface area contributed by atoms with E-state index < -0.39 is 6.43 Å². The lowest BCUT2D eigenvalue weighted by Gasteiger charge is -2.31. The van der Waals surface area contributed by atoms with Gasteiger partial charge in [-0.05, 0) is 37.8 Å². The maximum Gasteiger partial charge on any atom is 0.296 e. The third-order valence-corrected chi connectivity index (χ3v) is 7.30. The Hall–Kier alpha value is -3.38. The van der Waals surface area contributed by atoms with Gasteiger partial charge in [0.25, 0.3) is 6.43 Å². The number of hydrogen-bond donors (Lipinski definition) is 0. The van der Waals surface area contributed by atoms with Gasteiger partial charge in [-0.25, -0.2) is 13.8 Å². The minimum Gasteiger partial charge on any atom is -0.474 e. The molecule has 0 N–H and O–H groups in total. The number of benzene rings is 1. The molecule has 2 aliphatic rings. The molecule has 12 heteroatoms. The molecule has 3 aromatic rings. The zero-order chi connectivity index (χ0) is 27.4. The number of carbonyl (C=O) groups is 1. The lowest BCUT2D eigenvalue weighted by molar-refractivity contribution is -0.136. The molecule has 210 valence electrons. The van der Waals surface area contributed by atoms with Gasteiger partial charge < -0.3 is 24.0 Å². The Morgan fingerprint density at radius 2 is 1.87 bits per heavy atom. The summed E-state index contributed by atoms with van der Waals surface area (Å²) in [6.07, 6.45) is -0.145. The van der Waals surface area contributed by atoms with Crippen LogP contribution in [0.4, 0.5) is 14.7 Å². The van der Waals surface area contributed by atoms with Crippen LogP contribution in [-0.4, -0.2) is 90.0 Å². The number of ether oxygens (including phenoxy) is 3. The normalized spacial score (nSPS) is 20.0.